The minimum atomic E-state index is -0.944. The Morgan fingerprint density at radius 3 is 2.58 bits per heavy atom. The van der Waals surface area contributed by atoms with Crippen LogP contribution in [0.5, 0.6) is 0 Å². The normalized spacial score (nSPS) is 24.8. The minimum absolute atomic E-state index is 0.0167. The second-order valence-corrected chi connectivity index (χ2v) is 8.66. The Hall–Kier alpha value is -2.41. The molecule has 1 aliphatic heterocycles. The monoisotopic (exact) mass is 430 g/mol. The average Bonchev–Trinajstić information content (AvgIpc) is 3.16. The van der Waals surface area contributed by atoms with Crippen molar-refractivity contribution in [3.05, 3.63) is 35.9 Å². The topological polar surface area (TPSA) is 95.9 Å². The zero-order chi connectivity index (χ0) is 22.4. The second kappa shape index (κ2) is 10.8. The lowest BCUT2D eigenvalue weighted by molar-refractivity contribution is -0.152. The lowest BCUT2D eigenvalue weighted by Crippen LogP contribution is -2.55. The van der Waals surface area contributed by atoms with Gasteiger partial charge in [0, 0.05) is 6.04 Å². The van der Waals surface area contributed by atoms with Gasteiger partial charge in [-0.25, -0.2) is 4.79 Å². The summed E-state index contributed by atoms with van der Waals surface area (Å²) in [5, 5.41) is 12.9. The first-order valence-electron chi connectivity index (χ1n) is 11.4. The Bertz CT molecular complexity index is 768. The molecule has 1 heterocycles. The highest BCUT2D eigenvalue weighted by Crippen LogP contribution is 2.40. The summed E-state index contributed by atoms with van der Waals surface area (Å²) in [6.07, 6.45) is 5.62. The van der Waals surface area contributed by atoms with Crippen molar-refractivity contribution in [3.8, 4) is 0 Å². The van der Waals surface area contributed by atoms with Crippen molar-refractivity contribution in [1.29, 1.82) is 0 Å². The molecular weight excluding hydrogens is 396 g/mol. The molecule has 0 aromatic heterocycles. The first kappa shape index (κ1) is 23.3. The fourth-order valence-corrected chi connectivity index (χ4v) is 5.06. The molecular formula is C24H34N2O5. The number of hydrogen-bond donors (Lipinski definition) is 2. The molecule has 31 heavy (non-hydrogen) atoms. The van der Waals surface area contributed by atoms with Gasteiger partial charge >= 0.3 is 11.9 Å². The van der Waals surface area contributed by atoms with Crippen molar-refractivity contribution < 1.29 is 24.2 Å². The third kappa shape index (κ3) is 5.64. The maximum atomic E-state index is 13.4. The number of aliphatic carboxylic acids is 1. The van der Waals surface area contributed by atoms with Gasteiger partial charge < -0.3 is 14.7 Å². The number of esters is 1. The van der Waals surface area contributed by atoms with Crippen molar-refractivity contribution in [2.24, 2.45) is 5.92 Å². The van der Waals surface area contributed by atoms with Crippen LogP contribution in [0.2, 0.25) is 0 Å². The van der Waals surface area contributed by atoms with Crippen LogP contribution in [-0.2, 0) is 25.5 Å². The molecule has 2 N–H and O–H groups in total. The van der Waals surface area contributed by atoms with Crippen LogP contribution in [0.3, 0.4) is 0 Å². The molecule has 1 saturated heterocycles. The van der Waals surface area contributed by atoms with Gasteiger partial charge in [0.2, 0.25) is 5.91 Å². The number of amides is 1. The molecule has 5 atom stereocenters. The molecule has 7 heteroatoms. The summed E-state index contributed by atoms with van der Waals surface area (Å²) in [6.45, 7) is 3.74. The molecule has 2 aliphatic rings. The summed E-state index contributed by atoms with van der Waals surface area (Å²) in [6, 6.07) is 7.75. The molecule has 170 valence electrons. The number of carbonyl (C=O) groups excluding carboxylic acids is 2. The van der Waals surface area contributed by atoms with Gasteiger partial charge in [0.1, 0.15) is 12.1 Å². The highest BCUT2D eigenvalue weighted by atomic mass is 16.5. The Labute approximate surface area is 184 Å². The van der Waals surface area contributed by atoms with Gasteiger partial charge in [-0.05, 0) is 57.4 Å². The molecule has 0 bridgehead atoms. The van der Waals surface area contributed by atoms with E-state index in [0.717, 1.165) is 31.2 Å². The maximum Gasteiger partial charge on any atom is 0.326 e. The fraction of sp³-hybridized carbons (Fsp3) is 0.625. The lowest BCUT2D eigenvalue weighted by atomic mass is 9.84. The van der Waals surface area contributed by atoms with Crippen LogP contribution in [-0.4, -0.2) is 58.6 Å². The van der Waals surface area contributed by atoms with E-state index >= 15 is 0 Å². The van der Waals surface area contributed by atoms with Crippen molar-refractivity contribution >= 4 is 17.8 Å². The molecule has 1 amide bonds. The van der Waals surface area contributed by atoms with Gasteiger partial charge in [-0.2, -0.15) is 0 Å². The number of carboxylic acid groups (broad SMARTS) is 1. The second-order valence-electron chi connectivity index (χ2n) is 8.66. The van der Waals surface area contributed by atoms with E-state index in [1.807, 2.05) is 30.3 Å². The van der Waals surface area contributed by atoms with Crippen LogP contribution in [0, 0.1) is 5.92 Å². The molecule has 0 radical (unpaired) electrons. The van der Waals surface area contributed by atoms with Crippen LogP contribution in [0.25, 0.3) is 0 Å². The third-order valence-electron chi connectivity index (χ3n) is 6.58. The number of ether oxygens (including phenoxy) is 1. The number of carbonyl (C=O) groups is 3. The van der Waals surface area contributed by atoms with E-state index in [1.54, 1.807) is 18.7 Å². The van der Waals surface area contributed by atoms with Crippen LogP contribution in [0.1, 0.15) is 57.9 Å². The van der Waals surface area contributed by atoms with Crippen LogP contribution < -0.4 is 5.32 Å². The Kier molecular flexibility index (Phi) is 8.07. The zero-order valence-corrected chi connectivity index (χ0v) is 18.5. The summed E-state index contributed by atoms with van der Waals surface area (Å²) in [4.78, 5) is 39.3. The predicted octanol–water partition coefficient (Wildman–Crippen LogP) is 2.77. The molecule has 7 nitrogen and oxygen atoms in total. The van der Waals surface area contributed by atoms with Crippen molar-refractivity contribution in [2.45, 2.75) is 83.0 Å². The van der Waals surface area contributed by atoms with Crippen LogP contribution in [0.15, 0.2) is 30.3 Å². The molecule has 1 aliphatic carbocycles. The summed E-state index contributed by atoms with van der Waals surface area (Å²) in [5.41, 5.74) is 1.10. The van der Waals surface area contributed by atoms with Gasteiger partial charge in [0.25, 0.3) is 0 Å². The summed E-state index contributed by atoms with van der Waals surface area (Å²) < 4.78 is 5.22. The third-order valence-corrected chi connectivity index (χ3v) is 6.58. The van der Waals surface area contributed by atoms with Crippen LogP contribution in [0.4, 0.5) is 0 Å². The van der Waals surface area contributed by atoms with Gasteiger partial charge in [-0.15, -0.1) is 0 Å². The largest absolute Gasteiger partial charge is 0.480 e. The standard InChI is InChI=1S/C24H34N2O5/c1-3-31-24(30)19(14-13-17-9-5-4-6-10-17)25-16(2)22(27)26-20-12-8-7-11-18(20)15-21(26)23(28)29/h4-6,9-10,16,18-21,25H,3,7-8,11-15H2,1-2H3,(H,28,29)/t16?,18-,19+,20+,21?/m1/s1. The number of fused-ring (bicyclic) bond motifs is 1. The van der Waals surface area contributed by atoms with Gasteiger partial charge in [-0.1, -0.05) is 43.2 Å². The molecule has 1 saturated carbocycles. The van der Waals surface area contributed by atoms with Crippen molar-refractivity contribution in [1.82, 2.24) is 10.2 Å². The quantitative estimate of drug-likeness (QED) is 0.585. The van der Waals surface area contributed by atoms with E-state index in [0.29, 0.717) is 19.3 Å². The van der Waals surface area contributed by atoms with E-state index in [1.165, 1.54) is 0 Å². The molecule has 1 aromatic carbocycles. The van der Waals surface area contributed by atoms with E-state index in [9.17, 15) is 19.5 Å². The molecule has 3 rings (SSSR count). The number of nitrogens with zero attached hydrogens (tertiary/aromatic N) is 1. The SMILES string of the molecule is CCOC(=O)[C@H](CCc1ccccc1)NC(C)C(=O)N1C(C(=O)O)C[C@H]2CCCC[C@@H]21. The van der Waals surface area contributed by atoms with Crippen molar-refractivity contribution in [2.75, 3.05) is 6.61 Å². The number of carboxylic acids is 1. The van der Waals surface area contributed by atoms with Gasteiger partial charge in [0.05, 0.1) is 12.6 Å². The Morgan fingerprint density at radius 2 is 1.90 bits per heavy atom. The van der Waals surface area contributed by atoms with Gasteiger partial charge in [0.15, 0.2) is 0 Å². The smallest absolute Gasteiger partial charge is 0.326 e. The number of hydrogen-bond acceptors (Lipinski definition) is 5. The minimum Gasteiger partial charge on any atom is -0.480 e. The number of nitrogens with one attached hydrogen (secondary N) is 1. The molecule has 2 fully saturated rings. The highest BCUT2D eigenvalue weighted by molar-refractivity contribution is 5.88. The van der Waals surface area contributed by atoms with Gasteiger partial charge in [-0.3, -0.25) is 14.9 Å². The summed E-state index contributed by atoms with van der Waals surface area (Å²) in [5.74, 6) is -1.31. The highest BCUT2D eigenvalue weighted by Gasteiger charge is 2.48. The number of likely N-dealkylation sites (tertiary alicyclic amines) is 1. The predicted molar refractivity (Wildman–Crippen MR) is 116 cm³/mol. The number of rotatable bonds is 9. The Balaban J connectivity index is 1.70. The van der Waals surface area contributed by atoms with E-state index in [2.05, 4.69) is 5.32 Å². The summed E-state index contributed by atoms with van der Waals surface area (Å²) in [7, 11) is 0. The number of benzene rings is 1. The lowest BCUT2D eigenvalue weighted by Gasteiger charge is -2.35. The fourth-order valence-electron chi connectivity index (χ4n) is 5.06. The van der Waals surface area contributed by atoms with Crippen LogP contribution >= 0.6 is 0 Å². The van der Waals surface area contributed by atoms with E-state index in [-0.39, 0.29) is 30.4 Å². The maximum absolute atomic E-state index is 13.4. The summed E-state index contributed by atoms with van der Waals surface area (Å²) >= 11 is 0. The van der Waals surface area contributed by atoms with E-state index < -0.39 is 24.1 Å². The first-order valence-corrected chi connectivity index (χ1v) is 11.4. The number of aryl methyl sites for hydroxylation is 1. The average molecular weight is 431 g/mol. The Morgan fingerprint density at radius 1 is 1.19 bits per heavy atom. The molecule has 0 spiro atoms. The van der Waals surface area contributed by atoms with Crippen molar-refractivity contribution in [3.63, 3.8) is 0 Å². The van der Waals surface area contributed by atoms with E-state index in [4.69, 9.17) is 4.74 Å². The molecule has 2 unspecified atom stereocenters. The molecule has 1 aromatic rings. The zero-order valence-electron chi connectivity index (χ0n) is 18.5. The first-order chi connectivity index (χ1) is 14.9.